The van der Waals surface area contributed by atoms with Gasteiger partial charge >= 0.3 is 0 Å². The second-order valence-corrected chi connectivity index (χ2v) is 12.6. The number of nitrogens with zero attached hydrogens (tertiary/aromatic N) is 5. The number of unbranched alkanes of at least 4 members (excludes halogenated alkanes) is 1. The topological polar surface area (TPSA) is 64.9 Å². The fraction of sp³-hybridized carbons (Fsp3) is 0.389. The highest BCUT2D eigenvalue weighted by atomic mass is 15.1. The molecule has 0 fully saturated rings. The number of nitrogens with two attached hydrogens (primary N) is 1. The lowest BCUT2D eigenvalue weighted by Gasteiger charge is -2.23. The quantitative estimate of drug-likeness (QED) is 0.155. The highest BCUT2D eigenvalue weighted by Gasteiger charge is 2.21. The molecule has 6 aromatic rings. The standard InChI is InChI=1S/C36H44N6/c1-25(2)21-41-33-13-7-5-11-27(33)29-15-18-38-31(35(29)41)23-40(20-10-9-17-37)24-32-36-30(16-19-39-32)28-12-6-8-14-34(28)42(36)22-26(3)4/h5-8,11-16,18-19,25-26H,9-10,17,20-24,37H2,1-4H3. The van der Waals surface area contributed by atoms with Crippen molar-refractivity contribution in [3.05, 3.63) is 84.4 Å². The first kappa shape index (κ1) is 28.4. The number of aromatic nitrogens is 4. The lowest BCUT2D eigenvalue weighted by Crippen LogP contribution is -2.26. The maximum Gasteiger partial charge on any atom is 0.0786 e. The van der Waals surface area contributed by atoms with E-state index in [1.54, 1.807) is 0 Å². The molecule has 6 nitrogen and oxygen atoms in total. The van der Waals surface area contributed by atoms with Crippen LogP contribution in [0, 0.1) is 11.8 Å². The third-order valence-electron chi connectivity index (χ3n) is 8.28. The molecule has 6 heteroatoms. The minimum Gasteiger partial charge on any atom is -0.339 e. The largest absolute Gasteiger partial charge is 0.339 e. The van der Waals surface area contributed by atoms with Crippen molar-refractivity contribution in [3.63, 3.8) is 0 Å². The van der Waals surface area contributed by atoms with Gasteiger partial charge in [-0.25, -0.2) is 0 Å². The average molecular weight is 561 g/mol. The molecular formula is C36H44N6. The summed E-state index contributed by atoms with van der Waals surface area (Å²) in [5, 5.41) is 5.18. The molecule has 0 aliphatic rings. The van der Waals surface area contributed by atoms with Crippen LogP contribution in [0.3, 0.4) is 0 Å². The zero-order valence-corrected chi connectivity index (χ0v) is 25.6. The van der Waals surface area contributed by atoms with Crippen molar-refractivity contribution >= 4 is 43.6 Å². The van der Waals surface area contributed by atoms with Gasteiger partial charge in [0.1, 0.15) is 0 Å². The van der Waals surface area contributed by atoms with Gasteiger partial charge < -0.3 is 14.9 Å². The van der Waals surface area contributed by atoms with Crippen LogP contribution in [0.2, 0.25) is 0 Å². The van der Waals surface area contributed by atoms with E-state index in [0.717, 1.165) is 57.0 Å². The van der Waals surface area contributed by atoms with Crippen LogP contribution >= 0.6 is 0 Å². The van der Waals surface area contributed by atoms with Crippen molar-refractivity contribution in [1.82, 2.24) is 24.0 Å². The third-order valence-corrected chi connectivity index (χ3v) is 8.28. The Labute approximate surface area is 249 Å². The van der Waals surface area contributed by atoms with E-state index in [1.165, 1.54) is 43.6 Å². The number of benzene rings is 2. The van der Waals surface area contributed by atoms with Gasteiger partial charge in [0.25, 0.3) is 0 Å². The molecule has 2 aromatic carbocycles. The smallest absolute Gasteiger partial charge is 0.0786 e. The molecule has 0 saturated carbocycles. The van der Waals surface area contributed by atoms with E-state index < -0.39 is 0 Å². The molecule has 0 unspecified atom stereocenters. The van der Waals surface area contributed by atoms with Gasteiger partial charge in [-0.2, -0.15) is 0 Å². The molecular weight excluding hydrogens is 516 g/mol. The maximum atomic E-state index is 5.94. The van der Waals surface area contributed by atoms with Crippen LogP contribution in [0.4, 0.5) is 0 Å². The predicted molar refractivity (Wildman–Crippen MR) is 177 cm³/mol. The molecule has 0 spiro atoms. The van der Waals surface area contributed by atoms with Crippen molar-refractivity contribution in [1.29, 1.82) is 0 Å². The van der Waals surface area contributed by atoms with Gasteiger partial charge in [-0.05, 0) is 62.0 Å². The van der Waals surface area contributed by atoms with Gasteiger partial charge in [-0.15, -0.1) is 0 Å². The van der Waals surface area contributed by atoms with Gasteiger partial charge in [0.05, 0.1) is 22.4 Å². The Balaban J connectivity index is 1.45. The second kappa shape index (κ2) is 12.2. The van der Waals surface area contributed by atoms with Gasteiger partial charge in [-0.3, -0.25) is 14.9 Å². The van der Waals surface area contributed by atoms with E-state index in [9.17, 15) is 0 Å². The minimum atomic E-state index is 0.530. The molecule has 4 aromatic heterocycles. The summed E-state index contributed by atoms with van der Waals surface area (Å²) in [5.74, 6) is 1.06. The fourth-order valence-corrected chi connectivity index (χ4v) is 6.60. The van der Waals surface area contributed by atoms with Crippen LogP contribution < -0.4 is 5.73 Å². The average Bonchev–Trinajstić information content (AvgIpc) is 3.47. The lowest BCUT2D eigenvalue weighted by molar-refractivity contribution is 0.247. The molecule has 42 heavy (non-hydrogen) atoms. The molecule has 4 heterocycles. The molecule has 0 aliphatic heterocycles. The van der Waals surface area contributed by atoms with Crippen LogP contribution in [0.25, 0.3) is 43.6 Å². The van der Waals surface area contributed by atoms with Crippen molar-refractivity contribution in [2.24, 2.45) is 17.6 Å². The predicted octanol–water partition coefficient (Wildman–Crippen LogP) is 7.75. The zero-order chi connectivity index (χ0) is 29.2. The Morgan fingerprint density at radius 2 is 1.12 bits per heavy atom. The van der Waals surface area contributed by atoms with Gasteiger partial charge in [0, 0.05) is 71.2 Å². The fourth-order valence-electron chi connectivity index (χ4n) is 6.60. The van der Waals surface area contributed by atoms with E-state index in [2.05, 4.69) is 102 Å². The Kier molecular flexibility index (Phi) is 8.27. The molecule has 6 rings (SSSR count). The van der Waals surface area contributed by atoms with Crippen LogP contribution in [0.1, 0.15) is 51.9 Å². The number of hydrogen-bond donors (Lipinski definition) is 1. The molecule has 0 bridgehead atoms. The second-order valence-electron chi connectivity index (χ2n) is 12.6. The molecule has 0 amide bonds. The van der Waals surface area contributed by atoms with Crippen molar-refractivity contribution in [2.45, 2.75) is 66.7 Å². The first-order valence-corrected chi connectivity index (χ1v) is 15.6. The maximum absolute atomic E-state index is 5.94. The number of fused-ring (bicyclic) bond motifs is 6. The van der Waals surface area contributed by atoms with E-state index in [0.29, 0.717) is 18.4 Å². The molecule has 0 aliphatic carbocycles. The summed E-state index contributed by atoms with van der Waals surface area (Å²) in [6.07, 6.45) is 6.03. The number of pyridine rings is 2. The van der Waals surface area contributed by atoms with E-state index >= 15 is 0 Å². The summed E-state index contributed by atoms with van der Waals surface area (Å²) in [6, 6.07) is 21.9. The van der Waals surface area contributed by atoms with Crippen LogP contribution in [-0.2, 0) is 26.2 Å². The van der Waals surface area contributed by atoms with Gasteiger partial charge in [-0.1, -0.05) is 64.1 Å². The summed E-state index contributed by atoms with van der Waals surface area (Å²) in [6.45, 7) is 14.3. The van der Waals surface area contributed by atoms with E-state index in [-0.39, 0.29) is 0 Å². The van der Waals surface area contributed by atoms with Crippen molar-refractivity contribution < 1.29 is 0 Å². The highest BCUT2D eigenvalue weighted by molar-refractivity contribution is 6.09. The van der Waals surface area contributed by atoms with Crippen LogP contribution in [-0.4, -0.2) is 37.1 Å². The molecule has 0 radical (unpaired) electrons. The number of para-hydroxylation sites is 2. The summed E-state index contributed by atoms with van der Waals surface area (Å²) in [7, 11) is 0. The molecule has 0 saturated heterocycles. The Morgan fingerprint density at radius 1 is 0.643 bits per heavy atom. The van der Waals surface area contributed by atoms with E-state index in [1.807, 2.05) is 12.4 Å². The Hall–Kier alpha value is -3.74. The third kappa shape index (κ3) is 5.41. The Morgan fingerprint density at radius 3 is 1.57 bits per heavy atom. The zero-order valence-electron chi connectivity index (χ0n) is 25.6. The summed E-state index contributed by atoms with van der Waals surface area (Å²) < 4.78 is 4.99. The first-order valence-electron chi connectivity index (χ1n) is 15.6. The lowest BCUT2D eigenvalue weighted by atomic mass is 10.1. The molecule has 0 atom stereocenters. The normalized spacial score (nSPS) is 12.4. The highest BCUT2D eigenvalue weighted by Crippen LogP contribution is 2.34. The van der Waals surface area contributed by atoms with E-state index in [4.69, 9.17) is 15.7 Å². The van der Waals surface area contributed by atoms with Gasteiger partial charge in [0.2, 0.25) is 0 Å². The monoisotopic (exact) mass is 560 g/mol. The van der Waals surface area contributed by atoms with Crippen LogP contribution in [0.15, 0.2) is 73.1 Å². The molecule has 218 valence electrons. The number of rotatable bonds is 12. The molecule has 2 N–H and O–H groups in total. The summed E-state index contributed by atoms with van der Waals surface area (Å²) in [4.78, 5) is 12.6. The number of hydrogen-bond acceptors (Lipinski definition) is 4. The van der Waals surface area contributed by atoms with Crippen molar-refractivity contribution in [2.75, 3.05) is 13.1 Å². The Bertz CT molecular complexity index is 1700. The minimum absolute atomic E-state index is 0.530. The van der Waals surface area contributed by atoms with Crippen molar-refractivity contribution in [3.8, 4) is 0 Å². The first-order chi connectivity index (χ1) is 20.5. The summed E-state index contributed by atoms with van der Waals surface area (Å²) >= 11 is 0. The van der Waals surface area contributed by atoms with Crippen LogP contribution in [0.5, 0.6) is 0 Å². The SMILES string of the molecule is CC(C)Cn1c2ccccc2c2ccnc(CN(CCCCN)Cc3nccc4c5ccccc5n(CC(C)C)c34)c21. The summed E-state index contributed by atoms with van der Waals surface area (Å²) in [5.41, 5.74) is 13.3. The van der Waals surface area contributed by atoms with Gasteiger partial charge in [0.15, 0.2) is 0 Å².